The van der Waals surface area contributed by atoms with Crippen LogP contribution in [0.4, 0.5) is 11.4 Å². The summed E-state index contributed by atoms with van der Waals surface area (Å²) in [4.78, 5) is 10.8. The molecule has 19 heavy (non-hydrogen) atoms. The first-order valence-electron chi connectivity index (χ1n) is 6.47. The van der Waals surface area contributed by atoms with Gasteiger partial charge in [-0.25, -0.2) is 0 Å². The van der Waals surface area contributed by atoms with Crippen molar-refractivity contribution in [1.82, 2.24) is 0 Å². The van der Waals surface area contributed by atoms with Gasteiger partial charge in [-0.2, -0.15) is 0 Å². The van der Waals surface area contributed by atoms with Crippen LogP contribution in [-0.2, 0) is 0 Å². The highest BCUT2D eigenvalue weighted by molar-refractivity contribution is 5.68. The van der Waals surface area contributed by atoms with Crippen molar-refractivity contribution >= 4 is 11.4 Å². The van der Waals surface area contributed by atoms with Gasteiger partial charge in [-0.05, 0) is 25.0 Å². The van der Waals surface area contributed by atoms with E-state index in [-0.39, 0.29) is 23.5 Å². The van der Waals surface area contributed by atoms with Gasteiger partial charge in [0.05, 0.1) is 12.0 Å². The van der Waals surface area contributed by atoms with Gasteiger partial charge in [0.2, 0.25) is 0 Å². The van der Waals surface area contributed by atoms with Crippen molar-refractivity contribution in [3.05, 3.63) is 28.3 Å². The lowest BCUT2D eigenvalue weighted by molar-refractivity contribution is -0.384. The van der Waals surface area contributed by atoms with Crippen molar-refractivity contribution in [3.8, 4) is 5.75 Å². The van der Waals surface area contributed by atoms with Crippen LogP contribution in [0, 0.1) is 10.1 Å². The summed E-state index contributed by atoms with van der Waals surface area (Å²) in [5.74, 6) is 0.263. The second-order valence-electron chi connectivity index (χ2n) is 4.81. The normalized spacial score (nSPS) is 22.8. The second kappa shape index (κ2) is 5.88. The van der Waals surface area contributed by atoms with Gasteiger partial charge in [-0.3, -0.25) is 10.1 Å². The fourth-order valence-electron chi connectivity index (χ4n) is 2.53. The average Bonchev–Trinajstić information content (AvgIpc) is 2.40. The quantitative estimate of drug-likeness (QED) is 0.644. The van der Waals surface area contributed by atoms with Crippen molar-refractivity contribution in [2.75, 3.05) is 12.4 Å². The third-order valence-electron chi connectivity index (χ3n) is 3.56. The molecule has 6 heteroatoms. The number of nitrogens with zero attached hydrogens (tertiary/aromatic N) is 1. The standard InChI is InChI=1S/C13H19N3O3/c1-19-12-8-4-7-11(13(12)16(17)18)15-10-6-3-2-5-9(10)14/h4,7-10,15H,2-3,5-6,14H2,1H3. The number of nitro benzene ring substituents is 1. The van der Waals surface area contributed by atoms with Gasteiger partial charge in [0.25, 0.3) is 0 Å². The fraction of sp³-hybridized carbons (Fsp3) is 0.538. The second-order valence-corrected chi connectivity index (χ2v) is 4.81. The number of ether oxygens (including phenoxy) is 1. The highest BCUT2D eigenvalue weighted by Gasteiger charge is 2.26. The van der Waals surface area contributed by atoms with Crippen LogP contribution in [0.15, 0.2) is 18.2 Å². The first-order chi connectivity index (χ1) is 9.13. The number of rotatable bonds is 4. The molecule has 0 aliphatic heterocycles. The molecule has 3 N–H and O–H groups in total. The third-order valence-corrected chi connectivity index (χ3v) is 3.56. The maximum absolute atomic E-state index is 11.2. The van der Waals surface area contributed by atoms with Gasteiger partial charge in [0.15, 0.2) is 5.75 Å². The minimum atomic E-state index is -0.421. The molecule has 0 spiro atoms. The minimum absolute atomic E-state index is 0.0252. The zero-order chi connectivity index (χ0) is 13.8. The largest absolute Gasteiger partial charge is 0.490 e. The number of anilines is 1. The smallest absolute Gasteiger partial charge is 0.333 e. The van der Waals surface area contributed by atoms with Crippen LogP contribution in [0.5, 0.6) is 5.75 Å². The zero-order valence-corrected chi connectivity index (χ0v) is 11.0. The summed E-state index contributed by atoms with van der Waals surface area (Å²) >= 11 is 0. The molecule has 1 aromatic carbocycles. The lowest BCUT2D eigenvalue weighted by atomic mass is 9.91. The Morgan fingerprint density at radius 2 is 2.16 bits per heavy atom. The van der Waals surface area contributed by atoms with E-state index in [2.05, 4.69) is 5.32 Å². The summed E-state index contributed by atoms with van der Waals surface area (Å²) in [5, 5.41) is 14.4. The predicted octanol–water partition coefficient (Wildman–Crippen LogP) is 2.29. The van der Waals surface area contributed by atoms with Crippen molar-refractivity contribution in [2.24, 2.45) is 5.73 Å². The summed E-state index contributed by atoms with van der Waals surface area (Å²) in [6.07, 6.45) is 4.12. The summed E-state index contributed by atoms with van der Waals surface area (Å²) < 4.78 is 5.05. The van der Waals surface area contributed by atoms with E-state index in [1.54, 1.807) is 18.2 Å². The summed E-state index contributed by atoms with van der Waals surface area (Å²) in [7, 11) is 1.43. The van der Waals surface area contributed by atoms with Crippen molar-refractivity contribution < 1.29 is 9.66 Å². The number of nitrogens with one attached hydrogen (secondary N) is 1. The predicted molar refractivity (Wildman–Crippen MR) is 73.5 cm³/mol. The Morgan fingerprint density at radius 3 is 2.79 bits per heavy atom. The summed E-state index contributed by atoms with van der Waals surface area (Å²) in [5.41, 5.74) is 6.51. The molecule has 0 aromatic heterocycles. The Labute approximate surface area is 112 Å². The molecule has 0 bridgehead atoms. The molecule has 6 nitrogen and oxygen atoms in total. The van der Waals surface area contributed by atoms with Gasteiger partial charge >= 0.3 is 5.69 Å². The Bertz CT molecular complexity index is 464. The highest BCUT2D eigenvalue weighted by atomic mass is 16.6. The lowest BCUT2D eigenvalue weighted by Gasteiger charge is -2.30. The molecule has 1 aliphatic rings. The van der Waals surface area contributed by atoms with E-state index < -0.39 is 4.92 Å². The van der Waals surface area contributed by atoms with Crippen LogP contribution in [-0.4, -0.2) is 24.1 Å². The summed E-state index contributed by atoms with van der Waals surface area (Å²) in [6, 6.07) is 5.15. The van der Waals surface area contributed by atoms with Crippen LogP contribution in [0.1, 0.15) is 25.7 Å². The molecule has 1 fully saturated rings. The molecule has 0 saturated heterocycles. The van der Waals surface area contributed by atoms with Gasteiger partial charge in [0.1, 0.15) is 5.69 Å². The van der Waals surface area contributed by atoms with Gasteiger partial charge in [0, 0.05) is 12.1 Å². The lowest BCUT2D eigenvalue weighted by Crippen LogP contribution is -2.42. The molecule has 104 valence electrons. The van der Waals surface area contributed by atoms with Crippen molar-refractivity contribution in [1.29, 1.82) is 0 Å². The number of nitrogens with two attached hydrogens (primary N) is 1. The molecule has 2 unspecified atom stereocenters. The molecule has 2 atom stereocenters. The van der Waals surface area contributed by atoms with Crippen LogP contribution >= 0.6 is 0 Å². The first-order valence-corrected chi connectivity index (χ1v) is 6.47. The van der Waals surface area contributed by atoms with Crippen LogP contribution in [0.3, 0.4) is 0 Å². The van der Waals surface area contributed by atoms with E-state index in [0.29, 0.717) is 5.69 Å². The number of hydrogen-bond donors (Lipinski definition) is 2. The Kier molecular flexibility index (Phi) is 4.21. The van der Waals surface area contributed by atoms with E-state index >= 15 is 0 Å². The molecule has 1 saturated carbocycles. The maximum atomic E-state index is 11.2. The molecule has 2 rings (SSSR count). The molecule has 0 radical (unpaired) electrons. The van der Waals surface area contributed by atoms with E-state index in [1.807, 2.05) is 0 Å². The summed E-state index contributed by atoms with van der Waals surface area (Å²) in [6.45, 7) is 0. The number of benzene rings is 1. The Morgan fingerprint density at radius 1 is 1.42 bits per heavy atom. The van der Waals surface area contributed by atoms with Crippen LogP contribution in [0.25, 0.3) is 0 Å². The minimum Gasteiger partial charge on any atom is -0.490 e. The number of nitro groups is 1. The molecule has 1 aromatic rings. The van der Waals surface area contributed by atoms with E-state index in [1.165, 1.54) is 7.11 Å². The Hall–Kier alpha value is -1.82. The molecular formula is C13H19N3O3. The molecule has 0 amide bonds. The number of para-hydroxylation sites is 1. The molecular weight excluding hydrogens is 246 g/mol. The van der Waals surface area contributed by atoms with Crippen LogP contribution < -0.4 is 15.8 Å². The number of hydrogen-bond acceptors (Lipinski definition) is 5. The van der Waals surface area contributed by atoms with E-state index in [9.17, 15) is 10.1 Å². The van der Waals surface area contributed by atoms with Gasteiger partial charge in [-0.1, -0.05) is 18.9 Å². The highest BCUT2D eigenvalue weighted by Crippen LogP contribution is 2.35. The van der Waals surface area contributed by atoms with E-state index in [0.717, 1.165) is 25.7 Å². The van der Waals surface area contributed by atoms with E-state index in [4.69, 9.17) is 10.5 Å². The first kappa shape index (κ1) is 13.6. The molecule has 1 aliphatic carbocycles. The van der Waals surface area contributed by atoms with Gasteiger partial charge in [-0.15, -0.1) is 0 Å². The van der Waals surface area contributed by atoms with Crippen LogP contribution in [0.2, 0.25) is 0 Å². The number of methoxy groups -OCH3 is 1. The third kappa shape index (κ3) is 2.96. The van der Waals surface area contributed by atoms with Crippen molar-refractivity contribution in [2.45, 2.75) is 37.8 Å². The Balaban J connectivity index is 2.26. The van der Waals surface area contributed by atoms with Gasteiger partial charge < -0.3 is 15.8 Å². The molecule has 0 heterocycles. The maximum Gasteiger partial charge on any atom is 0.333 e. The SMILES string of the molecule is COc1cccc(NC2CCCCC2N)c1[N+](=O)[O-]. The zero-order valence-electron chi connectivity index (χ0n) is 11.0. The fourth-order valence-corrected chi connectivity index (χ4v) is 2.53. The van der Waals surface area contributed by atoms with Crippen molar-refractivity contribution in [3.63, 3.8) is 0 Å². The topological polar surface area (TPSA) is 90.4 Å². The average molecular weight is 265 g/mol. The monoisotopic (exact) mass is 265 g/mol.